The maximum absolute atomic E-state index is 4.54. The molecule has 1 atom stereocenters. The smallest absolute Gasteiger partial charge is 0.0840 e. The molecular weight excluding hydrogens is 250 g/mol. The standard InChI is InChI=1S/C15H19N5/c1-3-8-16-15(13-7-10-19(2)18-13)12-11-17-20-9-5-4-6-14(12)20/h4-7,9-11,15-16H,3,8H2,1-2H3. The fourth-order valence-corrected chi connectivity index (χ4v) is 2.43. The van der Waals surface area contributed by atoms with E-state index in [1.54, 1.807) is 0 Å². The van der Waals surface area contributed by atoms with Crippen LogP contribution in [-0.4, -0.2) is 25.9 Å². The number of aromatic nitrogens is 4. The molecule has 0 radical (unpaired) electrons. The Morgan fingerprint density at radius 2 is 2.15 bits per heavy atom. The molecule has 0 bridgehead atoms. The van der Waals surface area contributed by atoms with Crippen LogP contribution in [0, 0.1) is 0 Å². The van der Waals surface area contributed by atoms with Crippen molar-refractivity contribution in [3.05, 3.63) is 54.1 Å². The van der Waals surface area contributed by atoms with Crippen molar-refractivity contribution in [3.8, 4) is 0 Å². The van der Waals surface area contributed by atoms with Crippen molar-refractivity contribution < 1.29 is 0 Å². The van der Waals surface area contributed by atoms with E-state index in [0.717, 1.165) is 29.7 Å². The zero-order valence-electron chi connectivity index (χ0n) is 11.8. The summed E-state index contributed by atoms with van der Waals surface area (Å²) in [5.74, 6) is 0. The van der Waals surface area contributed by atoms with Gasteiger partial charge >= 0.3 is 0 Å². The number of nitrogens with zero attached hydrogens (tertiary/aromatic N) is 4. The topological polar surface area (TPSA) is 47.2 Å². The second-order valence-corrected chi connectivity index (χ2v) is 4.93. The molecule has 0 aliphatic heterocycles. The Morgan fingerprint density at radius 1 is 1.25 bits per heavy atom. The molecule has 104 valence electrons. The summed E-state index contributed by atoms with van der Waals surface area (Å²) in [7, 11) is 1.94. The number of aryl methyl sites for hydroxylation is 1. The summed E-state index contributed by atoms with van der Waals surface area (Å²) in [5, 5.41) is 12.5. The minimum absolute atomic E-state index is 0.0797. The van der Waals surface area contributed by atoms with E-state index in [2.05, 4.69) is 34.6 Å². The van der Waals surface area contributed by atoms with Crippen molar-refractivity contribution in [2.75, 3.05) is 6.54 Å². The van der Waals surface area contributed by atoms with Gasteiger partial charge < -0.3 is 5.32 Å². The fourth-order valence-electron chi connectivity index (χ4n) is 2.43. The molecule has 1 N–H and O–H groups in total. The first kappa shape index (κ1) is 12.9. The lowest BCUT2D eigenvalue weighted by Crippen LogP contribution is -2.23. The molecule has 0 saturated carbocycles. The zero-order chi connectivity index (χ0) is 13.9. The zero-order valence-corrected chi connectivity index (χ0v) is 11.8. The Morgan fingerprint density at radius 3 is 2.90 bits per heavy atom. The molecule has 0 amide bonds. The van der Waals surface area contributed by atoms with E-state index >= 15 is 0 Å². The summed E-state index contributed by atoms with van der Waals surface area (Å²) in [6.07, 6.45) is 6.95. The molecule has 0 spiro atoms. The van der Waals surface area contributed by atoms with Crippen molar-refractivity contribution >= 4 is 5.52 Å². The first-order valence-electron chi connectivity index (χ1n) is 6.95. The Balaban J connectivity index is 2.04. The highest BCUT2D eigenvalue weighted by atomic mass is 15.3. The van der Waals surface area contributed by atoms with Crippen molar-refractivity contribution in [2.45, 2.75) is 19.4 Å². The Bertz CT molecular complexity index is 697. The molecule has 0 aliphatic carbocycles. The molecule has 5 heteroatoms. The van der Waals surface area contributed by atoms with Gasteiger partial charge in [-0.25, -0.2) is 4.52 Å². The van der Waals surface area contributed by atoms with Gasteiger partial charge in [0.15, 0.2) is 0 Å². The van der Waals surface area contributed by atoms with Crippen molar-refractivity contribution in [2.24, 2.45) is 7.05 Å². The average molecular weight is 269 g/mol. The summed E-state index contributed by atoms with van der Waals surface area (Å²) in [4.78, 5) is 0. The third-order valence-electron chi connectivity index (χ3n) is 3.40. The van der Waals surface area contributed by atoms with E-state index in [-0.39, 0.29) is 6.04 Å². The van der Waals surface area contributed by atoms with Gasteiger partial charge in [0, 0.05) is 25.0 Å². The maximum atomic E-state index is 4.54. The molecule has 3 aromatic rings. The van der Waals surface area contributed by atoms with Gasteiger partial charge in [0.2, 0.25) is 0 Å². The summed E-state index contributed by atoms with van der Waals surface area (Å²) in [6.45, 7) is 3.12. The number of hydrogen-bond acceptors (Lipinski definition) is 3. The van der Waals surface area contributed by atoms with Gasteiger partial charge in [0.25, 0.3) is 0 Å². The van der Waals surface area contributed by atoms with Crippen LogP contribution in [0.25, 0.3) is 5.52 Å². The minimum Gasteiger partial charge on any atom is -0.305 e. The predicted octanol–water partition coefficient (Wildman–Crippen LogP) is 2.16. The molecule has 20 heavy (non-hydrogen) atoms. The predicted molar refractivity (Wildman–Crippen MR) is 78.5 cm³/mol. The van der Waals surface area contributed by atoms with Crippen LogP contribution in [0.5, 0.6) is 0 Å². The summed E-state index contributed by atoms with van der Waals surface area (Å²) in [5.41, 5.74) is 3.31. The number of nitrogens with one attached hydrogen (secondary N) is 1. The van der Waals surface area contributed by atoms with E-state index in [1.165, 1.54) is 0 Å². The lowest BCUT2D eigenvalue weighted by molar-refractivity contribution is 0.578. The minimum atomic E-state index is 0.0797. The third kappa shape index (κ3) is 2.32. The van der Waals surface area contributed by atoms with Crippen LogP contribution < -0.4 is 5.32 Å². The molecule has 1 unspecified atom stereocenters. The SMILES string of the molecule is CCCNC(c1ccn(C)n1)c1cnn2ccccc12. The molecule has 3 heterocycles. The van der Waals surface area contributed by atoms with Crippen LogP contribution in [0.15, 0.2) is 42.9 Å². The van der Waals surface area contributed by atoms with Gasteiger partial charge in [-0.15, -0.1) is 0 Å². The molecule has 3 rings (SSSR count). The molecule has 5 nitrogen and oxygen atoms in total. The summed E-state index contributed by atoms with van der Waals surface area (Å²) in [6, 6.07) is 8.25. The fraction of sp³-hybridized carbons (Fsp3) is 0.333. The number of rotatable bonds is 5. The Labute approximate surface area is 118 Å². The molecule has 0 saturated heterocycles. The second kappa shape index (κ2) is 5.46. The van der Waals surface area contributed by atoms with E-state index < -0.39 is 0 Å². The normalized spacial score (nSPS) is 12.9. The third-order valence-corrected chi connectivity index (χ3v) is 3.40. The summed E-state index contributed by atoms with van der Waals surface area (Å²) < 4.78 is 3.74. The number of pyridine rings is 1. The monoisotopic (exact) mass is 269 g/mol. The Hall–Kier alpha value is -2.14. The highest BCUT2D eigenvalue weighted by molar-refractivity contribution is 5.56. The van der Waals surface area contributed by atoms with Gasteiger partial charge in [-0.05, 0) is 31.2 Å². The van der Waals surface area contributed by atoms with Crippen LogP contribution in [0.3, 0.4) is 0 Å². The van der Waals surface area contributed by atoms with Gasteiger partial charge in [0.05, 0.1) is 23.4 Å². The van der Waals surface area contributed by atoms with Crippen LogP contribution in [0.1, 0.15) is 30.6 Å². The largest absolute Gasteiger partial charge is 0.305 e. The van der Waals surface area contributed by atoms with Gasteiger partial charge in [-0.3, -0.25) is 4.68 Å². The van der Waals surface area contributed by atoms with E-state index in [4.69, 9.17) is 0 Å². The van der Waals surface area contributed by atoms with Crippen LogP contribution in [-0.2, 0) is 7.05 Å². The number of hydrogen-bond donors (Lipinski definition) is 1. The van der Waals surface area contributed by atoms with Crippen LogP contribution in [0.2, 0.25) is 0 Å². The quantitative estimate of drug-likeness (QED) is 0.772. The van der Waals surface area contributed by atoms with Crippen LogP contribution in [0.4, 0.5) is 0 Å². The van der Waals surface area contributed by atoms with Crippen molar-refractivity contribution in [1.82, 2.24) is 24.7 Å². The van der Waals surface area contributed by atoms with E-state index in [1.807, 2.05) is 47.0 Å². The average Bonchev–Trinajstić information content (AvgIpc) is 3.07. The first-order chi connectivity index (χ1) is 9.79. The number of fused-ring (bicyclic) bond motifs is 1. The van der Waals surface area contributed by atoms with Crippen LogP contribution >= 0.6 is 0 Å². The van der Waals surface area contributed by atoms with Gasteiger partial charge in [-0.2, -0.15) is 10.2 Å². The summed E-state index contributed by atoms with van der Waals surface area (Å²) >= 11 is 0. The molecule has 0 fully saturated rings. The van der Waals surface area contributed by atoms with Gasteiger partial charge in [0.1, 0.15) is 0 Å². The molecular formula is C15H19N5. The first-order valence-corrected chi connectivity index (χ1v) is 6.95. The highest BCUT2D eigenvalue weighted by Gasteiger charge is 2.19. The lowest BCUT2D eigenvalue weighted by atomic mass is 10.1. The molecule has 3 aromatic heterocycles. The van der Waals surface area contributed by atoms with Crippen molar-refractivity contribution in [3.63, 3.8) is 0 Å². The highest BCUT2D eigenvalue weighted by Crippen LogP contribution is 2.24. The van der Waals surface area contributed by atoms with E-state index in [0.29, 0.717) is 0 Å². The second-order valence-electron chi connectivity index (χ2n) is 4.93. The maximum Gasteiger partial charge on any atom is 0.0840 e. The van der Waals surface area contributed by atoms with Gasteiger partial charge in [-0.1, -0.05) is 13.0 Å². The lowest BCUT2D eigenvalue weighted by Gasteiger charge is -2.15. The van der Waals surface area contributed by atoms with E-state index in [9.17, 15) is 0 Å². The van der Waals surface area contributed by atoms with Crippen molar-refractivity contribution in [1.29, 1.82) is 0 Å². The molecule has 0 aromatic carbocycles. The molecule has 0 aliphatic rings. The Kier molecular flexibility index (Phi) is 3.52.